The van der Waals surface area contributed by atoms with Crippen LogP contribution in [-0.2, 0) is 6.42 Å². The number of hydrogen-bond acceptors (Lipinski definition) is 3. The third-order valence-electron chi connectivity index (χ3n) is 4.97. The van der Waals surface area contributed by atoms with Crippen LogP contribution in [0.3, 0.4) is 0 Å². The molecule has 25 heavy (non-hydrogen) atoms. The quantitative estimate of drug-likeness (QED) is 0.373. The largest absolute Gasteiger partial charge is 0.358 e. The zero-order valence-electron chi connectivity index (χ0n) is 14.8. The number of nitrogens with zero attached hydrogens (tertiary/aromatic N) is 3. The van der Waals surface area contributed by atoms with E-state index in [4.69, 9.17) is 11.6 Å². The Labute approximate surface area is 180 Å². The molecule has 0 aliphatic carbocycles. The molecular weight excluding hydrogens is 556 g/mol. The van der Waals surface area contributed by atoms with Gasteiger partial charge in [0.2, 0.25) is 0 Å². The van der Waals surface area contributed by atoms with E-state index in [0.717, 1.165) is 43.7 Å². The molecule has 1 unspecified atom stereocenters. The van der Waals surface area contributed by atoms with Gasteiger partial charge in [-0.2, -0.15) is 0 Å². The number of aromatic nitrogens is 2. The van der Waals surface area contributed by atoms with Crippen LogP contribution < -0.4 is 4.90 Å². The third kappa shape index (κ3) is 5.46. The van der Waals surface area contributed by atoms with E-state index in [0.29, 0.717) is 5.15 Å². The van der Waals surface area contributed by atoms with Crippen molar-refractivity contribution in [3.05, 3.63) is 59.9 Å². The fourth-order valence-electron chi connectivity index (χ4n) is 3.64. The van der Waals surface area contributed by atoms with Gasteiger partial charge in [-0.3, -0.25) is 0 Å². The molecule has 1 aliphatic heterocycles. The van der Waals surface area contributed by atoms with Crippen molar-refractivity contribution in [2.45, 2.75) is 39.0 Å². The molecule has 3 nitrogen and oxygen atoms in total. The summed E-state index contributed by atoms with van der Waals surface area (Å²) in [7, 11) is 0. The molecule has 5 heteroatoms. The van der Waals surface area contributed by atoms with Crippen LogP contribution in [0.25, 0.3) is 0 Å². The fourth-order valence-corrected chi connectivity index (χ4v) is 3.77. The zero-order valence-corrected chi connectivity index (χ0v) is 19.8. The summed E-state index contributed by atoms with van der Waals surface area (Å²) in [5, 5.41) is 0.546. The molecule has 0 radical (unpaired) electrons. The maximum Gasteiger partial charge on any atom is 0.137 e. The number of rotatable bonds is 5. The number of anilines is 1. The van der Waals surface area contributed by atoms with Crippen molar-refractivity contribution in [1.29, 1.82) is 0 Å². The van der Waals surface area contributed by atoms with E-state index in [2.05, 4.69) is 52.1 Å². The van der Waals surface area contributed by atoms with Crippen LogP contribution in [0.5, 0.6) is 0 Å². The molecule has 132 valence electrons. The summed E-state index contributed by atoms with van der Waals surface area (Å²) in [6.07, 6.45) is 7.31. The zero-order chi connectivity index (χ0) is 17.0. The van der Waals surface area contributed by atoms with Crippen molar-refractivity contribution in [3.8, 4) is 0 Å². The van der Waals surface area contributed by atoms with E-state index in [1.54, 1.807) is 6.33 Å². The molecule has 1 atom stereocenters. The summed E-state index contributed by atoms with van der Waals surface area (Å²) in [6.45, 7) is 8.52. The molecule has 0 amide bonds. The topological polar surface area (TPSA) is 29.0 Å². The number of hydrogen-bond donors (Lipinski definition) is 0. The van der Waals surface area contributed by atoms with Gasteiger partial charge in [-0.1, -0.05) is 61.2 Å². The molecular formula is C20H25ClN3U-. The molecule has 0 saturated carbocycles. The second kappa shape index (κ2) is 9.40. The van der Waals surface area contributed by atoms with Crippen molar-refractivity contribution in [2.75, 3.05) is 18.0 Å². The smallest absolute Gasteiger partial charge is 0.137 e. The average Bonchev–Trinajstić information content (AvgIpc) is 2.58. The van der Waals surface area contributed by atoms with Gasteiger partial charge in [0.05, 0.1) is 0 Å². The van der Waals surface area contributed by atoms with E-state index < -0.39 is 0 Å². The summed E-state index contributed by atoms with van der Waals surface area (Å²) in [6, 6.07) is 10.7. The van der Waals surface area contributed by atoms with Gasteiger partial charge >= 0.3 is 0 Å². The van der Waals surface area contributed by atoms with Gasteiger partial charge in [0, 0.05) is 43.2 Å². The number of aryl methyl sites for hydroxylation is 1. The Morgan fingerprint density at radius 1 is 1.24 bits per heavy atom. The number of halogens is 1. The van der Waals surface area contributed by atoms with E-state index in [-0.39, 0.29) is 36.5 Å². The van der Waals surface area contributed by atoms with Gasteiger partial charge in [-0.25, -0.2) is 9.97 Å². The number of piperidine rings is 1. The van der Waals surface area contributed by atoms with Crippen molar-refractivity contribution >= 4 is 17.4 Å². The molecule has 0 spiro atoms. The number of benzene rings is 1. The maximum atomic E-state index is 6.16. The monoisotopic (exact) mass is 580 g/mol. The summed E-state index contributed by atoms with van der Waals surface area (Å²) in [4.78, 5) is 10.9. The Morgan fingerprint density at radius 2 is 2.00 bits per heavy atom. The first-order valence-electron chi connectivity index (χ1n) is 8.69. The molecule has 3 rings (SSSR count). The van der Waals surface area contributed by atoms with Gasteiger partial charge in [0.1, 0.15) is 17.3 Å². The molecule has 1 fully saturated rings. The van der Waals surface area contributed by atoms with Crippen molar-refractivity contribution in [2.24, 2.45) is 5.41 Å². The Bertz CT molecular complexity index is 680. The van der Waals surface area contributed by atoms with Crippen LogP contribution in [0.4, 0.5) is 5.82 Å². The van der Waals surface area contributed by atoms with Gasteiger partial charge < -0.3 is 11.8 Å². The Balaban J connectivity index is 0.00000225. The van der Waals surface area contributed by atoms with E-state index in [9.17, 15) is 0 Å². The molecule has 1 aliphatic rings. The molecule has 0 N–H and O–H groups in total. The van der Waals surface area contributed by atoms with Gasteiger partial charge in [-0.15, -0.1) is 5.41 Å². The van der Waals surface area contributed by atoms with Crippen molar-refractivity contribution in [1.82, 2.24) is 9.97 Å². The molecule has 2 heterocycles. The molecule has 1 aromatic carbocycles. The first-order valence-corrected chi connectivity index (χ1v) is 9.07. The molecule has 1 aromatic heterocycles. The summed E-state index contributed by atoms with van der Waals surface area (Å²) < 4.78 is 0. The average molecular weight is 581 g/mol. The van der Waals surface area contributed by atoms with Gasteiger partial charge in [0.25, 0.3) is 0 Å². The van der Waals surface area contributed by atoms with Crippen molar-refractivity contribution in [3.63, 3.8) is 0 Å². The van der Waals surface area contributed by atoms with Crippen LogP contribution in [0, 0.1) is 50.4 Å². The van der Waals surface area contributed by atoms with E-state index in [1.807, 2.05) is 6.92 Å². The minimum atomic E-state index is 0. The molecule has 1 saturated heterocycles. The van der Waals surface area contributed by atoms with Crippen LogP contribution in [0.2, 0.25) is 5.15 Å². The van der Waals surface area contributed by atoms with Crippen LogP contribution in [0.15, 0.2) is 36.7 Å². The van der Waals surface area contributed by atoms with E-state index in [1.165, 1.54) is 18.4 Å². The predicted molar refractivity (Wildman–Crippen MR) is 100 cm³/mol. The fraction of sp³-hybridized carbons (Fsp3) is 0.450. The standard InChI is InChI=1S/C20H25ClN3.U/c1-16-18(21)22-15-23-19(16)24-13-7-12-20(2,14-24)11-6-10-17-8-4-3-5-9-17;/h3-5,8-9,15H,2,6-7,10-14H2,1H3;/q-1;. The summed E-state index contributed by atoms with van der Waals surface area (Å²) in [5.41, 5.74) is 2.47. The second-order valence-electron chi connectivity index (χ2n) is 6.98. The first kappa shape index (κ1) is 20.8. The third-order valence-corrected chi connectivity index (χ3v) is 5.35. The van der Waals surface area contributed by atoms with Crippen molar-refractivity contribution < 1.29 is 31.1 Å². The summed E-state index contributed by atoms with van der Waals surface area (Å²) in [5.74, 6) is 0.964. The normalized spacial score (nSPS) is 20.2. The molecule has 0 bridgehead atoms. The Morgan fingerprint density at radius 3 is 2.76 bits per heavy atom. The van der Waals surface area contributed by atoms with E-state index >= 15 is 0 Å². The van der Waals surface area contributed by atoms with Crippen LogP contribution in [-0.4, -0.2) is 23.1 Å². The second-order valence-corrected chi connectivity index (χ2v) is 7.34. The minimum Gasteiger partial charge on any atom is -0.358 e. The Kier molecular flexibility index (Phi) is 7.80. The summed E-state index contributed by atoms with van der Waals surface area (Å²) >= 11 is 6.16. The SMILES string of the molecule is [CH2-]C1(CCCc2ccccc2)CCCN(c2ncnc(Cl)c2C)C1.[U]. The Hall–Kier alpha value is -0.558. The first-order chi connectivity index (χ1) is 11.6. The predicted octanol–water partition coefficient (Wildman–Crippen LogP) is 4.88. The maximum absolute atomic E-state index is 6.16. The van der Waals surface area contributed by atoms with Crippen LogP contribution in [0.1, 0.15) is 36.8 Å². The molecule has 2 aromatic rings. The van der Waals surface area contributed by atoms with Gasteiger partial charge in [-0.05, 0) is 31.9 Å². The minimum absolute atomic E-state index is 0. The van der Waals surface area contributed by atoms with Gasteiger partial charge in [0.15, 0.2) is 0 Å². The van der Waals surface area contributed by atoms with Crippen LogP contribution >= 0.6 is 11.6 Å².